The second-order valence-corrected chi connectivity index (χ2v) is 16.5. The van der Waals surface area contributed by atoms with Crippen LogP contribution >= 0.6 is 0 Å². The van der Waals surface area contributed by atoms with Gasteiger partial charge in [-0.05, 0) is 51.8 Å². The van der Waals surface area contributed by atoms with Crippen LogP contribution in [0.4, 0.5) is 26.2 Å². The summed E-state index contributed by atoms with van der Waals surface area (Å²) in [5.74, 6) is -1.81. The van der Waals surface area contributed by atoms with Crippen molar-refractivity contribution >= 4 is 40.2 Å². The molecule has 2 aliphatic heterocycles. The maximum atomic E-state index is 16.2. The maximum absolute atomic E-state index is 16.2. The highest BCUT2D eigenvalue weighted by Crippen LogP contribution is 2.55. The molecule has 8 rings (SSSR count). The second-order valence-electron chi connectivity index (χ2n) is 16.5. The molecule has 1 aromatic carbocycles. The summed E-state index contributed by atoms with van der Waals surface area (Å²) in [6.45, 7) is 17.5. The van der Waals surface area contributed by atoms with E-state index in [2.05, 4.69) is 21.8 Å². The van der Waals surface area contributed by atoms with Crippen LogP contribution in [0.25, 0.3) is 38.1 Å². The van der Waals surface area contributed by atoms with Crippen LogP contribution in [-0.4, -0.2) is 81.6 Å². The molecule has 2 saturated heterocycles. The van der Waals surface area contributed by atoms with Crippen LogP contribution in [0.3, 0.4) is 0 Å². The van der Waals surface area contributed by atoms with Crippen molar-refractivity contribution in [3.05, 3.63) is 97.1 Å². The van der Waals surface area contributed by atoms with Gasteiger partial charge in [0.2, 0.25) is 16.9 Å². The predicted octanol–water partition coefficient (Wildman–Crippen LogP) is 6.04. The second kappa shape index (κ2) is 13.1. The molecule has 0 radical (unpaired) electrons. The Labute approximate surface area is 325 Å². The standard InChI is InChI=1S/C41H40FN7O8/c1-20-31(56-40(54)55-20)19-49(8)17-21-9-10-48(30(21)18-49)35-25(22-11-24-36(50)26(38(51)52)16-46(6)37(24)45-14-22)15-44-28-12-23-29(47(7)39(53)57-41(2,3)4)13-27(42)34(43-5)32(23)33(28)35/h11,13-16,21,30H,9-10,12,17-19H2,1-4,6-8H3/p+1/t21-,30+,49?/m0/s1. The number of rotatable bonds is 6. The molecule has 294 valence electrons. The summed E-state index contributed by atoms with van der Waals surface area (Å²) >= 11 is 0. The molecule has 1 unspecified atom stereocenters. The fraction of sp³-hybridized carbons (Fsp3) is 0.390. The number of aromatic carboxylic acids is 1. The molecule has 0 bridgehead atoms. The van der Waals surface area contributed by atoms with Gasteiger partial charge >= 0.3 is 17.9 Å². The van der Waals surface area contributed by atoms with Crippen LogP contribution < -0.4 is 21.1 Å². The lowest BCUT2D eigenvalue weighted by Crippen LogP contribution is -2.45. The van der Waals surface area contributed by atoms with Crippen LogP contribution in [0.1, 0.15) is 60.3 Å². The van der Waals surface area contributed by atoms with Crippen molar-refractivity contribution in [1.29, 1.82) is 0 Å². The van der Waals surface area contributed by atoms with Gasteiger partial charge < -0.3 is 32.6 Å². The lowest BCUT2D eigenvalue weighted by molar-refractivity contribution is -0.913. The smallest absolute Gasteiger partial charge is 0.477 e. The van der Waals surface area contributed by atoms with Crippen LogP contribution in [0.2, 0.25) is 0 Å². The fourth-order valence-electron chi connectivity index (χ4n) is 8.97. The van der Waals surface area contributed by atoms with Gasteiger partial charge in [-0.1, -0.05) is 0 Å². The number of carbonyl (C=O) groups excluding carboxylic acids is 1. The molecule has 6 heterocycles. The van der Waals surface area contributed by atoms with Crippen molar-refractivity contribution in [2.45, 2.75) is 58.7 Å². The Bertz CT molecular complexity index is 2720. The van der Waals surface area contributed by atoms with E-state index in [-0.39, 0.29) is 40.8 Å². The number of ether oxygens (including phenoxy) is 1. The average Bonchev–Trinajstić information content (AvgIpc) is 3.88. The first-order chi connectivity index (χ1) is 26.9. The molecule has 57 heavy (non-hydrogen) atoms. The molecule has 2 fully saturated rings. The van der Waals surface area contributed by atoms with Gasteiger partial charge in [0.05, 0.1) is 55.2 Å². The zero-order valence-corrected chi connectivity index (χ0v) is 32.6. The number of carboxylic acids is 1. The third kappa shape index (κ3) is 6.22. The fourth-order valence-corrected chi connectivity index (χ4v) is 8.97. The van der Waals surface area contributed by atoms with Gasteiger partial charge in [-0.3, -0.25) is 14.7 Å². The van der Waals surface area contributed by atoms with Crippen LogP contribution in [0.15, 0.2) is 49.1 Å². The van der Waals surface area contributed by atoms with Gasteiger partial charge in [-0.2, -0.15) is 0 Å². The van der Waals surface area contributed by atoms with Crippen molar-refractivity contribution in [1.82, 2.24) is 14.5 Å². The Morgan fingerprint density at radius 1 is 1.16 bits per heavy atom. The summed E-state index contributed by atoms with van der Waals surface area (Å²) in [6, 6.07) is 2.74. The number of carbonyl (C=O) groups is 2. The molecule has 0 spiro atoms. The van der Waals surface area contributed by atoms with E-state index in [9.17, 15) is 24.3 Å². The SMILES string of the molecule is [C-]#[N+]c1c(F)cc(N(C)C(=O)OC(C)(C)C)c2c1-c1c(ncc(-c3cnc4c(c3)c(=O)c(C(=O)O)cn4C)c1N1CC[C@H]3C[N+](C)(Cc4oc(=O)oc4C)C[C@H]31)C2. The van der Waals surface area contributed by atoms with E-state index in [0.717, 1.165) is 13.0 Å². The minimum atomic E-state index is -1.37. The molecule has 16 heteroatoms. The van der Waals surface area contributed by atoms with Crippen molar-refractivity contribution in [3.63, 3.8) is 0 Å². The Kier molecular flexibility index (Phi) is 8.65. The number of carboxylic acid groups (broad SMARTS) is 1. The molecule has 15 nitrogen and oxygen atoms in total. The lowest BCUT2D eigenvalue weighted by Gasteiger charge is -2.34. The zero-order valence-electron chi connectivity index (χ0n) is 32.6. The van der Waals surface area contributed by atoms with Crippen molar-refractivity contribution in [2.24, 2.45) is 13.0 Å². The third-order valence-corrected chi connectivity index (χ3v) is 11.4. The number of halogens is 1. The average molecular weight is 779 g/mol. The number of likely N-dealkylation sites (tertiary alicyclic amines) is 1. The topological polar surface area (TPSA) is 166 Å². The van der Waals surface area contributed by atoms with E-state index in [4.69, 9.17) is 25.1 Å². The van der Waals surface area contributed by atoms with Crippen molar-refractivity contribution < 1.29 is 37.1 Å². The summed E-state index contributed by atoms with van der Waals surface area (Å²) in [5.41, 5.74) is 2.07. The molecule has 1 N–H and O–H groups in total. The highest BCUT2D eigenvalue weighted by atomic mass is 19.1. The number of aromatic nitrogens is 3. The number of hydrogen-bond donors (Lipinski definition) is 1. The highest BCUT2D eigenvalue weighted by Gasteiger charge is 2.51. The first-order valence-corrected chi connectivity index (χ1v) is 18.5. The van der Waals surface area contributed by atoms with E-state index in [1.807, 2.05) is 0 Å². The number of anilines is 2. The summed E-state index contributed by atoms with van der Waals surface area (Å²) in [6.07, 6.45) is 4.82. The number of nitrogens with zero attached hydrogens (tertiary/aromatic N) is 7. The summed E-state index contributed by atoms with van der Waals surface area (Å²) < 4.78 is 34.5. The Morgan fingerprint density at radius 2 is 1.91 bits per heavy atom. The van der Waals surface area contributed by atoms with E-state index in [1.165, 1.54) is 28.8 Å². The monoisotopic (exact) mass is 778 g/mol. The van der Waals surface area contributed by atoms with Gasteiger partial charge in [0.25, 0.3) is 0 Å². The van der Waals surface area contributed by atoms with Gasteiger partial charge in [-0.25, -0.2) is 28.6 Å². The molecule has 1 amide bonds. The van der Waals surface area contributed by atoms with E-state index in [0.29, 0.717) is 74.8 Å². The molecular formula is C41H41FN7O8+. The largest absolute Gasteiger partial charge is 0.519 e. The van der Waals surface area contributed by atoms with Gasteiger partial charge in [0.15, 0.2) is 5.76 Å². The normalized spacial score (nSPS) is 19.7. The predicted molar refractivity (Wildman–Crippen MR) is 207 cm³/mol. The number of quaternary nitrogens is 1. The number of likely N-dealkylation sites (N-methyl/N-ethyl adjacent to an activating group) is 1. The third-order valence-electron chi connectivity index (χ3n) is 11.4. The number of pyridine rings is 3. The number of fused-ring (bicyclic) bond motifs is 5. The van der Waals surface area contributed by atoms with E-state index < -0.39 is 40.3 Å². The molecule has 3 aliphatic rings. The Balaban J connectivity index is 1.35. The van der Waals surface area contributed by atoms with Crippen LogP contribution in [0.5, 0.6) is 0 Å². The molecule has 3 atom stereocenters. The van der Waals surface area contributed by atoms with Crippen LogP contribution in [-0.2, 0) is 24.8 Å². The number of benzene rings is 1. The number of hydrogen-bond acceptors (Lipinski definition) is 10. The minimum absolute atomic E-state index is 0.0583. The van der Waals surface area contributed by atoms with Gasteiger partial charge in [0, 0.05) is 73.8 Å². The Morgan fingerprint density at radius 3 is 2.58 bits per heavy atom. The lowest BCUT2D eigenvalue weighted by atomic mass is 9.95. The summed E-state index contributed by atoms with van der Waals surface area (Å²) in [5, 5.41) is 9.91. The zero-order chi connectivity index (χ0) is 40.9. The van der Waals surface area contributed by atoms with E-state index in [1.54, 1.807) is 53.2 Å². The van der Waals surface area contributed by atoms with E-state index >= 15 is 4.39 Å². The molecule has 4 aromatic heterocycles. The van der Waals surface area contributed by atoms with Crippen molar-refractivity contribution in [3.8, 4) is 22.3 Å². The first kappa shape index (κ1) is 37.6. The molecular weight excluding hydrogens is 737 g/mol. The van der Waals surface area contributed by atoms with Gasteiger partial charge in [-0.15, -0.1) is 0 Å². The molecule has 1 aliphatic carbocycles. The summed E-state index contributed by atoms with van der Waals surface area (Å²) in [7, 11) is 5.22. The first-order valence-electron chi connectivity index (χ1n) is 18.5. The quantitative estimate of drug-likeness (QED) is 0.155. The van der Waals surface area contributed by atoms with Crippen molar-refractivity contribution in [2.75, 3.05) is 43.5 Å². The maximum Gasteiger partial charge on any atom is 0.519 e. The molecule has 5 aromatic rings. The Hall–Kier alpha value is -6.34. The molecule has 0 saturated carbocycles. The van der Waals surface area contributed by atoms with Crippen LogP contribution in [0, 0.1) is 25.2 Å². The number of amides is 1. The number of aryl methyl sites for hydroxylation is 2. The highest BCUT2D eigenvalue weighted by molar-refractivity contribution is 6.04. The minimum Gasteiger partial charge on any atom is -0.477 e. The summed E-state index contributed by atoms with van der Waals surface area (Å²) in [4.78, 5) is 67.6. The van der Waals surface area contributed by atoms with Gasteiger partial charge in [0.1, 0.15) is 29.2 Å².